The lowest BCUT2D eigenvalue weighted by Crippen LogP contribution is -2.46. The van der Waals surface area contributed by atoms with Crippen LogP contribution >= 0.6 is 11.8 Å². The summed E-state index contributed by atoms with van der Waals surface area (Å²) in [5.41, 5.74) is -0.156. The zero-order chi connectivity index (χ0) is 19.4. The van der Waals surface area contributed by atoms with Crippen LogP contribution in [0.3, 0.4) is 0 Å². The molecule has 9 heteroatoms. The highest BCUT2D eigenvalue weighted by Gasteiger charge is 2.28. The van der Waals surface area contributed by atoms with Gasteiger partial charge in [0.15, 0.2) is 5.76 Å². The number of hydrogen-bond acceptors (Lipinski definition) is 6. The van der Waals surface area contributed by atoms with Gasteiger partial charge in [0.25, 0.3) is 17.5 Å². The quantitative estimate of drug-likeness (QED) is 0.479. The van der Waals surface area contributed by atoms with Gasteiger partial charge >= 0.3 is 0 Å². The van der Waals surface area contributed by atoms with Crippen LogP contribution in [0.2, 0.25) is 0 Å². The fraction of sp³-hybridized carbons (Fsp3) is 0.333. The number of carbonyl (C=O) groups excluding carboxylic acids is 2. The Balaban J connectivity index is 1.63. The molecule has 2 amide bonds. The topological polar surface area (TPSA) is 106 Å². The van der Waals surface area contributed by atoms with E-state index in [0.29, 0.717) is 31.7 Å². The number of nitrogens with one attached hydrogen (secondary N) is 1. The second-order valence-electron chi connectivity index (χ2n) is 6.16. The minimum absolute atomic E-state index is 0.0564. The van der Waals surface area contributed by atoms with E-state index in [0.717, 1.165) is 4.90 Å². The van der Waals surface area contributed by atoms with E-state index in [-0.39, 0.29) is 23.2 Å². The Labute approximate surface area is 160 Å². The second-order valence-corrected chi connectivity index (χ2v) is 7.04. The molecule has 1 aromatic heterocycles. The molecule has 1 saturated heterocycles. The number of carbonyl (C=O) groups is 2. The van der Waals surface area contributed by atoms with Crippen LogP contribution in [0.1, 0.15) is 33.8 Å². The molecule has 1 fully saturated rings. The highest BCUT2D eigenvalue weighted by Crippen LogP contribution is 2.25. The Morgan fingerprint density at radius 3 is 2.63 bits per heavy atom. The highest BCUT2D eigenvalue weighted by atomic mass is 32.2. The van der Waals surface area contributed by atoms with Crippen LogP contribution in [0, 0.1) is 10.1 Å². The lowest BCUT2D eigenvalue weighted by molar-refractivity contribution is -0.385. The molecule has 0 aliphatic carbocycles. The lowest BCUT2D eigenvalue weighted by atomic mass is 10.0. The van der Waals surface area contributed by atoms with Crippen molar-refractivity contribution in [1.29, 1.82) is 0 Å². The molecule has 2 aromatic rings. The van der Waals surface area contributed by atoms with Gasteiger partial charge in [-0.25, -0.2) is 0 Å². The number of furan rings is 1. The summed E-state index contributed by atoms with van der Waals surface area (Å²) in [7, 11) is 0. The lowest BCUT2D eigenvalue weighted by Gasteiger charge is -2.31. The van der Waals surface area contributed by atoms with Gasteiger partial charge in [-0.2, -0.15) is 0 Å². The third kappa shape index (κ3) is 4.30. The van der Waals surface area contributed by atoms with Gasteiger partial charge < -0.3 is 14.6 Å². The number of rotatable bonds is 5. The SMILES string of the molecule is CSc1ccc([N+](=O)[O-])c(C(=O)NC2CCN(C(=O)c3ccco3)CC2)c1. The molecule has 2 heterocycles. The van der Waals surface area contributed by atoms with Gasteiger partial charge in [0.05, 0.1) is 11.2 Å². The number of hydrogen-bond donors (Lipinski definition) is 1. The van der Waals surface area contributed by atoms with Crippen molar-refractivity contribution in [3.05, 3.63) is 58.0 Å². The van der Waals surface area contributed by atoms with Crippen molar-refractivity contribution in [2.75, 3.05) is 19.3 Å². The average molecular weight is 389 g/mol. The van der Waals surface area contributed by atoms with Crippen LogP contribution in [-0.4, -0.2) is 47.0 Å². The van der Waals surface area contributed by atoms with Gasteiger partial charge in [-0.05, 0) is 43.4 Å². The van der Waals surface area contributed by atoms with E-state index in [1.165, 1.54) is 30.2 Å². The largest absolute Gasteiger partial charge is 0.459 e. The fourth-order valence-electron chi connectivity index (χ4n) is 3.03. The van der Waals surface area contributed by atoms with Crippen LogP contribution in [0.25, 0.3) is 0 Å². The molecule has 0 radical (unpaired) electrons. The van der Waals surface area contributed by atoms with Gasteiger partial charge in [0.1, 0.15) is 5.56 Å². The van der Waals surface area contributed by atoms with Crippen molar-refractivity contribution in [1.82, 2.24) is 10.2 Å². The first-order chi connectivity index (χ1) is 13.0. The molecule has 1 aliphatic rings. The molecular formula is C18H19N3O5S. The van der Waals surface area contributed by atoms with Gasteiger partial charge in [0, 0.05) is 30.1 Å². The molecule has 27 heavy (non-hydrogen) atoms. The first-order valence-corrected chi connectivity index (χ1v) is 9.68. The summed E-state index contributed by atoms with van der Waals surface area (Å²) in [5.74, 6) is -0.344. The Morgan fingerprint density at radius 2 is 2.04 bits per heavy atom. The van der Waals surface area contributed by atoms with Crippen LogP contribution in [0.5, 0.6) is 0 Å². The number of nitrogens with zero attached hydrogens (tertiary/aromatic N) is 2. The van der Waals surface area contributed by atoms with Gasteiger partial charge in [-0.15, -0.1) is 11.8 Å². The first-order valence-electron chi connectivity index (χ1n) is 8.45. The van der Waals surface area contributed by atoms with E-state index < -0.39 is 10.8 Å². The zero-order valence-electron chi connectivity index (χ0n) is 14.7. The summed E-state index contributed by atoms with van der Waals surface area (Å²) in [6.07, 6.45) is 4.45. The molecular weight excluding hydrogens is 370 g/mol. The van der Waals surface area contributed by atoms with Gasteiger partial charge in [0.2, 0.25) is 0 Å². The molecule has 142 valence electrons. The molecule has 0 saturated carbocycles. The van der Waals surface area contributed by atoms with Crippen molar-refractivity contribution in [2.24, 2.45) is 0 Å². The molecule has 8 nitrogen and oxygen atoms in total. The molecule has 0 atom stereocenters. The summed E-state index contributed by atoms with van der Waals surface area (Å²) >= 11 is 1.41. The average Bonchev–Trinajstić information content (AvgIpc) is 3.22. The van der Waals surface area contributed by atoms with E-state index in [4.69, 9.17) is 4.42 Å². The predicted octanol–water partition coefficient (Wildman–Crippen LogP) is 2.94. The molecule has 0 spiro atoms. The number of piperidine rings is 1. The van der Waals surface area contributed by atoms with E-state index >= 15 is 0 Å². The molecule has 3 rings (SSSR count). The summed E-state index contributed by atoms with van der Waals surface area (Å²) in [6, 6.07) is 7.65. The Bertz CT molecular complexity index is 845. The van der Waals surface area contributed by atoms with Gasteiger partial charge in [-0.3, -0.25) is 19.7 Å². The maximum Gasteiger partial charge on any atom is 0.289 e. The summed E-state index contributed by atoms with van der Waals surface area (Å²) in [5, 5.41) is 14.1. The highest BCUT2D eigenvalue weighted by molar-refractivity contribution is 7.98. The predicted molar refractivity (Wildman–Crippen MR) is 100.0 cm³/mol. The second kappa shape index (κ2) is 8.26. The number of nitro benzene ring substituents is 1. The normalized spacial score (nSPS) is 14.8. The Hall–Kier alpha value is -2.81. The van der Waals surface area contributed by atoms with E-state index in [2.05, 4.69) is 5.32 Å². The van der Waals surface area contributed by atoms with Crippen LogP contribution in [0.4, 0.5) is 5.69 Å². The number of benzene rings is 1. The van der Waals surface area contributed by atoms with E-state index in [9.17, 15) is 19.7 Å². The number of amides is 2. The molecule has 0 bridgehead atoms. The van der Waals surface area contributed by atoms with Crippen molar-refractivity contribution in [3.63, 3.8) is 0 Å². The standard InChI is InChI=1S/C18H19N3O5S/c1-27-13-4-5-15(21(24)25)14(11-13)17(22)19-12-6-8-20(9-7-12)18(23)16-3-2-10-26-16/h2-5,10-12H,6-9H2,1H3,(H,19,22). The Morgan fingerprint density at radius 1 is 1.30 bits per heavy atom. The Kier molecular flexibility index (Phi) is 5.80. The third-order valence-electron chi connectivity index (χ3n) is 4.49. The van der Waals surface area contributed by atoms with Crippen molar-refractivity contribution >= 4 is 29.3 Å². The molecule has 1 aliphatic heterocycles. The van der Waals surface area contributed by atoms with Crippen LogP contribution < -0.4 is 5.32 Å². The smallest absolute Gasteiger partial charge is 0.289 e. The summed E-state index contributed by atoms with van der Waals surface area (Å²) in [6.45, 7) is 0.967. The molecule has 1 N–H and O–H groups in total. The van der Waals surface area contributed by atoms with E-state index in [1.54, 1.807) is 23.1 Å². The summed E-state index contributed by atoms with van der Waals surface area (Å²) in [4.78, 5) is 38.0. The minimum Gasteiger partial charge on any atom is -0.459 e. The van der Waals surface area contributed by atoms with Gasteiger partial charge in [-0.1, -0.05) is 0 Å². The molecule has 1 aromatic carbocycles. The molecule has 0 unspecified atom stereocenters. The van der Waals surface area contributed by atoms with Crippen LogP contribution in [-0.2, 0) is 0 Å². The first kappa shape index (κ1) is 19.0. The maximum atomic E-state index is 12.6. The minimum atomic E-state index is -0.552. The maximum absolute atomic E-state index is 12.6. The third-order valence-corrected chi connectivity index (χ3v) is 5.22. The number of likely N-dealkylation sites (tertiary alicyclic amines) is 1. The number of nitro groups is 1. The summed E-state index contributed by atoms with van der Waals surface area (Å²) < 4.78 is 5.13. The van der Waals surface area contributed by atoms with Crippen molar-refractivity contribution in [2.45, 2.75) is 23.8 Å². The van der Waals surface area contributed by atoms with Crippen LogP contribution in [0.15, 0.2) is 45.9 Å². The monoisotopic (exact) mass is 389 g/mol. The fourth-order valence-corrected chi connectivity index (χ4v) is 3.47. The number of thioether (sulfide) groups is 1. The van der Waals surface area contributed by atoms with Crippen molar-refractivity contribution < 1.29 is 18.9 Å². The zero-order valence-corrected chi connectivity index (χ0v) is 15.5. The van der Waals surface area contributed by atoms with E-state index in [1.807, 2.05) is 6.26 Å². The van der Waals surface area contributed by atoms with Crippen molar-refractivity contribution in [3.8, 4) is 0 Å².